The van der Waals surface area contributed by atoms with Crippen LogP contribution < -0.4 is 10.2 Å². The Hall–Kier alpha value is -2.33. The third kappa shape index (κ3) is 3.91. The maximum absolute atomic E-state index is 12.9. The first-order valence-corrected chi connectivity index (χ1v) is 9.38. The number of halogens is 1. The van der Waals surface area contributed by atoms with Crippen molar-refractivity contribution < 1.29 is 9.59 Å². The van der Waals surface area contributed by atoms with E-state index in [-0.39, 0.29) is 17.9 Å². The fraction of sp³-hybridized carbons (Fsp3) is 0.333. The molecule has 4 nitrogen and oxygen atoms in total. The molecule has 0 aromatic heterocycles. The molecule has 2 aromatic rings. The molecule has 1 aliphatic heterocycles. The summed E-state index contributed by atoms with van der Waals surface area (Å²) in [6, 6.07) is 12.7. The van der Waals surface area contributed by atoms with Crippen molar-refractivity contribution in [1.29, 1.82) is 0 Å². The van der Waals surface area contributed by atoms with Gasteiger partial charge in [-0.05, 0) is 74.2 Å². The summed E-state index contributed by atoms with van der Waals surface area (Å²) < 4.78 is 0. The van der Waals surface area contributed by atoms with E-state index in [1.807, 2.05) is 26.0 Å². The van der Waals surface area contributed by atoms with Crippen LogP contribution in [-0.2, 0) is 6.42 Å². The highest BCUT2D eigenvalue weighted by Crippen LogP contribution is 2.29. The predicted octanol–water partition coefficient (Wildman–Crippen LogP) is 4.46. The first kappa shape index (κ1) is 18.5. The van der Waals surface area contributed by atoms with Crippen molar-refractivity contribution in [1.82, 2.24) is 5.32 Å². The van der Waals surface area contributed by atoms with Crippen LogP contribution in [0.5, 0.6) is 0 Å². The van der Waals surface area contributed by atoms with Crippen LogP contribution in [0.25, 0.3) is 0 Å². The van der Waals surface area contributed by atoms with E-state index in [0.29, 0.717) is 22.7 Å². The molecule has 0 bridgehead atoms. The summed E-state index contributed by atoms with van der Waals surface area (Å²) in [5.41, 5.74) is 3.18. The average molecular weight is 371 g/mol. The maximum Gasteiger partial charge on any atom is 0.258 e. The fourth-order valence-electron chi connectivity index (χ4n) is 3.11. The van der Waals surface area contributed by atoms with Crippen LogP contribution in [0.4, 0.5) is 5.69 Å². The summed E-state index contributed by atoms with van der Waals surface area (Å²) in [7, 11) is 0. The molecule has 1 heterocycles. The van der Waals surface area contributed by atoms with Gasteiger partial charge < -0.3 is 10.2 Å². The van der Waals surface area contributed by atoms with E-state index in [0.717, 1.165) is 30.5 Å². The van der Waals surface area contributed by atoms with Crippen molar-refractivity contribution in [2.24, 2.45) is 0 Å². The van der Waals surface area contributed by atoms with Crippen molar-refractivity contribution in [3.8, 4) is 0 Å². The lowest BCUT2D eigenvalue weighted by Gasteiger charge is -2.30. The zero-order valence-electron chi connectivity index (χ0n) is 15.1. The molecule has 0 saturated heterocycles. The predicted molar refractivity (Wildman–Crippen MR) is 105 cm³/mol. The number of benzene rings is 2. The van der Waals surface area contributed by atoms with Crippen molar-refractivity contribution in [3.63, 3.8) is 0 Å². The molecule has 0 radical (unpaired) electrons. The number of fused-ring (bicyclic) bond motifs is 1. The molecule has 1 N–H and O–H groups in total. The van der Waals surface area contributed by atoms with Crippen molar-refractivity contribution in [2.75, 3.05) is 11.4 Å². The topological polar surface area (TPSA) is 49.4 Å². The third-order valence-corrected chi connectivity index (χ3v) is 5.04. The van der Waals surface area contributed by atoms with Crippen LogP contribution in [-0.4, -0.2) is 24.4 Å². The highest BCUT2D eigenvalue weighted by atomic mass is 35.5. The Balaban J connectivity index is 1.85. The molecule has 0 spiro atoms. The number of nitrogens with zero attached hydrogens (tertiary/aromatic N) is 1. The molecule has 1 aliphatic rings. The highest BCUT2D eigenvalue weighted by molar-refractivity contribution is 6.30. The number of aryl methyl sites for hydroxylation is 1. The van der Waals surface area contributed by atoms with Crippen molar-refractivity contribution in [2.45, 2.75) is 39.2 Å². The van der Waals surface area contributed by atoms with Gasteiger partial charge in [0.2, 0.25) is 0 Å². The molecule has 26 heavy (non-hydrogen) atoms. The SMILES string of the molecule is CC[C@@H](C)NC(=O)c1ccc2c(c1)CCCN2C(=O)c1ccc(Cl)cc1. The van der Waals surface area contributed by atoms with E-state index in [1.54, 1.807) is 35.2 Å². The number of rotatable bonds is 4. The van der Waals surface area contributed by atoms with Gasteiger partial charge in [-0.3, -0.25) is 9.59 Å². The van der Waals surface area contributed by atoms with Gasteiger partial charge in [-0.15, -0.1) is 0 Å². The standard InChI is InChI=1S/C21H23ClN2O2/c1-3-14(2)23-20(25)17-8-11-19-16(13-17)5-4-12-24(19)21(26)15-6-9-18(22)10-7-15/h6-11,13-14H,3-5,12H2,1-2H3,(H,23,25)/t14-/m1/s1. The first-order chi connectivity index (χ1) is 12.5. The number of anilines is 1. The second kappa shape index (κ2) is 7.92. The highest BCUT2D eigenvalue weighted by Gasteiger charge is 2.24. The van der Waals surface area contributed by atoms with E-state index in [1.165, 1.54) is 0 Å². The van der Waals surface area contributed by atoms with E-state index < -0.39 is 0 Å². The molecule has 0 fully saturated rings. The molecule has 136 valence electrons. The third-order valence-electron chi connectivity index (χ3n) is 4.79. The summed E-state index contributed by atoms with van der Waals surface area (Å²) in [5, 5.41) is 3.59. The van der Waals surface area contributed by atoms with E-state index in [2.05, 4.69) is 5.32 Å². The molecule has 0 aliphatic carbocycles. The molecule has 1 atom stereocenters. The summed E-state index contributed by atoms with van der Waals surface area (Å²) in [6.07, 6.45) is 2.63. The minimum atomic E-state index is -0.0664. The van der Waals surface area contributed by atoms with Crippen molar-refractivity contribution >= 4 is 29.1 Å². The van der Waals surface area contributed by atoms with Gasteiger partial charge in [0.05, 0.1) is 0 Å². The Kier molecular flexibility index (Phi) is 5.62. The lowest BCUT2D eigenvalue weighted by molar-refractivity contribution is 0.0938. The van der Waals surface area contributed by atoms with Gasteiger partial charge in [0.25, 0.3) is 11.8 Å². The minimum Gasteiger partial charge on any atom is -0.350 e. The Labute approximate surface area is 159 Å². The smallest absolute Gasteiger partial charge is 0.258 e. The summed E-state index contributed by atoms with van der Waals surface area (Å²) in [5.74, 6) is -0.109. The molecule has 2 amide bonds. The van der Waals surface area contributed by atoms with Crippen LogP contribution in [0, 0.1) is 0 Å². The minimum absolute atomic E-state index is 0.0422. The molecular weight excluding hydrogens is 348 g/mol. The van der Waals surface area contributed by atoms with Gasteiger partial charge >= 0.3 is 0 Å². The number of amides is 2. The fourth-order valence-corrected chi connectivity index (χ4v) is 3.23. The molecular formula is C21H23ClN2O2. The first-order valence-electron chi connectivity index (χ1n) is 9.01. The lowest BCUT2D eigenvalue weighted by atomic mass is 9.98. The number of carbonyl (C=O) groups is 2. The number of hydrogen-bond acceptors (Lipinski definition) is 2. The summed E-state index contributed by atoms with van der Waals surface area (Å²) in [4.78, 5) is 27.0. The second-order valence-electron chi connectivity index (χ2n) is 6.69. The van der Waals surface area contributed by atoms with Crippen LogP contribution in [0.3, 0.4) is 0 Å². The zero-order valence-corrected chi connectivity index (χ0v) is 15.8. The molecule has 0 saturated carbocycles. The van der Waals surface area contributed by atoms with E-state index in [4.69, 9.17) is 11.6 Å². The lowest BCUT2D eigenvalue weighted by Crippen LogP contribution is -2.36. The molecule has 3 rings (SSSR count). The van der Waals surface area contributed by atoms with Gasteiger partial charge in [0.15, 0.2) is 0 Å². The van der Waals surface area contributed by atoms with Gasteiger partial charge in [-0.2, -0.15) is 0 Å². The maximum atomic E-state index is 12.9. The van der Waals surface area contributed by atoms with Gasteiger partial charge in [0.1, 0.15) is 0 Å². The average Bonchev–Trinajstić information content (AvgIpc) is 2.66. The largest absolute Gasteiger partial charge is 0.350 e. The van der Waals surface area contributed by atoms with Crippen LogP contribution >= 0.6 is 11.6 Å². The van der Waals surface area contributed by atoms with Crippen LogP contribution in [0.15, 0.2) is 42.5 Å². The zero-order chi connectivity index (χ0) is 18.7. The van der Waals surface area contributed by atoms with Crippen LogP contribution in [0.1, 0.15) is 53.0 Å². The van der Waals surface area contributed by atoms with E-state index >= 15 is 0 Å². The Bertz CT molecular complexity index is 817. The second-order valence-corrected chi connectivity index (χ2v) is 7.13. The van der Waals surface area contributed by atoms with Crippen molar-refractivity contribution in [3.05, 3.63) is 64.2 Å². The quantitative estimate of drug-likeness (QED) is 0.863. The monoisotopic (exact) mass is 370 g/mol. The number of carbonyl (C=O) groups excluding carboxylic acids is 2. The number of nitrogens with one attached hydrogen (secondary N) is 1. The van der Waals surface area contributed by atoms with Crippen LogP contribution in [0.2, 0.25) is 5.02 Å². The normalized spacial score (nSPS) is 14.5. The Morgan fingerprint density at radius 1 is 1.15 bits per heavy atom. The Morgan fingerprint density at radius 3 is 2.54 bits per heavy atom. The van der Waals surface area contributed by atoms with Gasteiger partial charge in [0, 0.05) is 34.4 Å². The number of hydrogen-bond donors (Lipinski definition) is 1. The molecule has 0 unspecified atom stereocenters. The molecule has 2 aromatic carbocycles. The van der Waals surface area contributed by atoms with Gasteiger partial charge in [-0.1, -0.05) is 18.5 Å². The summed E-state index contributed by atoms with van der Waals surface area (Å²) in [6.45, 7) is 4.70. The summed E-state index contributed by atoms with van der Waals surface area (Å²) >= 11 is 5.91. The Morgan fingerprint density at radius 2 is 1.85 bits per heavy atom. The molecule has 5 heteroatoms. The van der Waals surface area contributed by atoms with Gasteiger partial charge in [-0.25, -0.2) is 0 Å². The van der Waals surface area contributed by atoms with E-state index in [9.17, 15) is 9.59 Å².